The highest BCUT2D eigenvalue weighted by atomic mass is 35.9. The van der Waals surface area contributed by atoms with Gasteiger partial charge in [0.05, 0.1) is 0 Å². The second kappa shape index (κ2) is 7.42. The van der Waals surface area contributed by atoms with Crippen LogP contribution in [0.15, 0.2) is 86.3 Å². The van der Waals surface area contributed by atoms with Gasteiger partial charge in [-0.2, -0.15) is 4.52 Å². The predicted octanol–water partition coefficient (Wildman–Crippen LogP) is 11.2. The van der Waals surface area contributed by atoms with Crippen LogP contribution in [-0.2, 0) is 0 Å². The van der Waals surface area contributed by atoms with Crippen LogP contribution in [-0.4, -0.2) is 0 Å². The van der Waals surface area contributed by atoms with Gasteiger partial charge in [0, 0.05) is 11.1 Å². The summed E-state index contributed by atoms with van der Waals surface area (Å²) in [6.07, 6.45) is 0. The highest BCUT2D eigenvalue weighted by Gasteiger charge is 2.41. The van der Waals surface area contributed by atoms with Gasteiger partial charge in [0.25, 0.3) is 11.8 Å². The van der Waals surface area contributed by atoms with Gasteiger partial charge in [0.15, 0.2) is 0 Å². The zero-order chi connectivity index (χ0) is 22.1. The van der Waals surface area contributed by atoms with Crippen molar-refractivity contribution in [2.45, 2.75) is 0 Å². The summed E-state index contributed by atoms with van der Waals surface area (Å²) in [5.41, 5.74) is 1.75. The molecule has 0 fully saturated rings. The Kier molecular flexibility index (Phi) is 4.96. The lowest BCUT2D eigenvalue weighted by atomic mass is 9.92. The summed E-state index contributed by atoms with van der Waals surface area (Å²) in [4.78, 5) is 0. The molecule has 0 aromatic heterocycles. The third-order valence-electron chi connectivity index (χ3n) is 5.12. The van der Waals surface area contributed by atoms with E-state index in [2.05, 4.69) is 13.5 Å². The first kappa shape index (κ1) is 21.4. The van der Waals surface area contributed by atoms with Gasteiger partial charge in [-0.1, -0.05) is 60.7 Å². The van der Waals surface area contributed by atoms with Crippen molar-refractivity contribution in [2.24, 2.45) is 13.5 Å². The van der Waals surface area contributed by atoms with Crippen molar-refractivity contribution in [1.82, 2.24) is 0 Å². The van der Waals surface area contributed by atoms with Crippen molar-refractivity contribution in [3.63, 3.8) is 0 Å². The molecule has 0 radical (unpaired) electrons. The number of benzene rings is 4. The number of halogens is 4. The molecule has 2 heterocycles. The third-order valence-corrected chi connectivity index (χ3v) is 16.1. The van der Waals surface area contributed by atoms with E-state index >= 15 is 0 Å². The van der Waals surface area contributed by atoms with Crippen LogP contribution in [0.4, 0.5) is 0 Å². The van der Waals surface area contributed by atoms with Crippen molar-refractivity contribution in [3.05, 3.63) is 72.8 Å². The Morgan fingerprint density at radius 2 is 1.00 bits per heavy atom. The average Bonchev–Trinajstić information content (AvgIpc) is 2.84. The fourth-order valence-electron chi connectivity index (χ4n) is 3.97. The van der Waals surface area contributed by atoms with Gasteiger partial charge in [-0.15, -0.1) is 9.03 Å². The molecular formula is C20H12Cl4N3O2P3. The lowest BCUT2D eigenvalue weighted by molar-refractivity contribution is 0.488. The minimum Gasteiger partial charge on any atom is -0.413 e. The van der Waals surface area contributed by atoms with E-state index in [1.165, 1.54) is 0 Å². The normalized spacial score (nSPS) is 19.4. The molecule has 0 unspecified atom stereocenters. The van der Waals surface area contributed by atoms with Crippen LogP contribution in [0, 0.1) is 0 Å². The van der Waals surface area contributed by atoms with E-state index in [1.807, 2.05) is 72.8 Å². The Hall–Kier alpha value is -1.15. The molecule has 4 aromatic carbocycles. The standard InChI is InChI=1S/C20H12Cl4N3O2P3/c21-30(22)25-31(23,24)27-32(26-30)28-17-11-9-13-5-1-3-7-15(13)19(17)20-16-8-4-2-6-14(16)10-12-18(20)29-32/h1-12H. The highest BCUT2D eigenvalue weighted by Crippen LogP contribution is 2.85. The Morgan fingerprint density at radius 3 is 1.50 bits per heavy atom. The van der Waals surface area contributed by atoms with E-state index in [1.54, 1.807) is 0 Å². The Labute approximate surface area is 203 Å². The van der Waals surface area contributed by atoms with Gasteiger partial charge in [-0.25, -0.2) is 0 Å². The van der Waals surface area contributed by atoms with Gasteiger partial charge >= 0.3 is 7.66 Å². The summed E-state index contributed by atoms with van der Waals surface area (Å²) in [5, 5.41) is 4.12. The number of fused-ring (bicyclic) bond motifs is 7. The third kappa shape index (κ3) is 3.60. The van der Waals surface area contributed by atoms with E-state index < -0.39 is 19.5 Å². The van der Waals surface area contributed by atoms with Crippen LogP contribution < -0.4 is 9.05 Å². The van der Waals surface area contributed by atoms with Crippen molar-refractivity contribution < 1.29 is 9.05 Å². The van der Waals surface area contributed by atoms with Crippen LogP contribution >= 0.6 is 64.4 Å². The molecule has 6 rings (SSSR count). The van der Waals surface area contributed by atoms with Crippen molar-refractivity contribution >= 4 is 86.0 Å². The predicted molar refractivity (Wildman–Crippen MR) is 140 cm³/mol. The molecule has 32 heavy (non-hydrogen) atoms. The summed E-state index contributed by atoms with van der Waals surface area (Å²) in [7, 11) is -3.46. The monoisotopic (exact) mass is 559 g/mol. The molecule has 4 aromatic rings. The first-order chi connectivity index (χ1) is 15.2. The summed E-state index contributed by atoms with van der Waals surface area (Å²) in [6.45, 7) is 0. The van der Waals surface area contributed by atoms with E-state index in [-0.39, 0.29) is 0 Å². The van der Waals surface area contributed by atoms with Gasteiger partial charge in [-0.05, 0) is 78.6 Å². The van der Waals surface area contributed by atoms with E-state index in [4.69, 9.17) is 54.0 Å². The molecule has 0 bridgehead atoms. The summed E-state index contributed by atoms with van der Waals surface area (Å²) < 4.78 is 25.8. The topological polar surface area (TPSA) is 55.5 Å². The van der Waals surface area contributed by atoms with Gasteiger partial charge in [0.2, 0.25) is 0 Å². The summed E-state index contributed by atoms with van der Waals surface area (Å²) in [6, 6.07) is 23.9. The maximum absolute atomic E-state index is 6.41. The smallest absolute Gasteiger partial charge is 0.413 e. The second-order valence-electron chi connectivity index (χ2n) is 7.17. The minimum atomic E-state index is -3.46. The molecule has 0 saturated carbocycles. The Bertz CT molecular complexity index is 1530. The van der Waals surface area contributed by atoms with Crippen LogP contribution in [0.3, 0.4) is 0 Å². The second-order valence-corrected chi connectivity index (χ2v) is 19.2. The van der Waals surface area contributed by atoms with Gasteiger partial charge in [0.1, 0.15) is 11.5 Å². The van der Waals surface area contributed by atoms with Crippen molar-refractivity contribution in [1.29, 1.82) is 0 Å². The quantitative estimate of drug-likeness (QED) is 0.201. The Balaban J connectivity index is 1.80. The zero-order valence-electron chi connectivity index (χ0n) is 15.9. The van der Waals surface area contributed by atoms with Crippen molar-refractivity contribution in [2.75, 3.05) is 0 Å². The average molecular weight is 561 g/mol. The number of hydrogen-bond acceptors (Lipinski definition) is 5. The molecule has 1 spiro atoms. The molecule has 162 valence electrons. The number of hydrogen-bond donors (Lipinski definition) is 0. The first-order valence-electron chi connectivity index (χ1n) is 9.38. The van der Waals surface area contributed by atoms with Gasteiger partial charge in [-0.3, -0.25) is 0 Å². The zero-order valence-corrected chi connectivity index (χ0v) is 21.6. The molecule has 2 aliphatic rings. The Morgan fingerprint density at radius 1 is 0.531 bits per heavy atom. The molecule has 2 aliphatic heterocycles. The fraction of sp³-hybridized carbons (Fsp3) is 0. The van der Waals surface area contributed by atoms with E-state index in [9.17, 15) is 0 Å². The molecule has 5 nitrogen and oxygen atoms in total. The highest BCUT2D eigenvalue weighted by molar-refractivity contribution is 8.20. The number of nitrogens with zero attached hydrogens (tertiary/aromatic N) is 3. The molecule has 12 heteroatoms. The SMILES string of the molecule is ClP1(Cl)=NP(Cl)(Cl)=NP2(=N1)Oc1ccc3ccccc3c1-c1c(ccc3ccccc13)O2. The lowest BCUT2D eigenvalue weighted by Crippen LogP contribution is -1.98. The molecule has 0 aliphatic carbocycles. The maximum Gasteiger partial charge on any atom is 0.453 e. The molecular weight excluding hydrogens is 549 g/mol. The van der Waals surface area contributed by atoms with Crippen LogP contribution in [0.5, 0.6) is 11.5 Å². The lowest BCUT2D eigenvalue weighted by Gasteiger charge is -2.25. The molecule has 0 saturated heterocycles. The van der Waals surface area contributed by atoms with Crippen LogP contribution in [0.2, 0.25) is 0 Å². The number of rotatable bonds is 0. The van der Waals surface area contributed by atoms with E-state index in [0.717, 1.165) is 32.7 Å². The van der Waals surface area contributed by atoms with Gasteiger partial charge < -0.3 is 9.05 Å². The fourth-order valence-corrected chi connectivity index (χ4v) is 17.9. The van der Waals surface area contributed by atoms with Crippen LogP contribution in [0.1, 0.15) is 0 Å². The van der Waals surface area contributed by atoms with E-state index in [0.29, 0.717) is 11.5 Å². The summed E-state index contributed by atoms with van der Waals surface area (Å²) in [5.74, 6) is -5.40. The minimum absolute atomic E-state index is 0.545. The summed E-state index contributed by atoms with van der Waals surface area (Å²) >= 11 is 25.5. The van der Waals surface area contributed by atoms with Crippen molar-refractivity contribution in [3.8, 4) is 22.6 Å². The largest absolute Gasteiger partial charge is 0.453 e. The molecule has 0 N–H and O–H groups in total. The molecule has 0 atom stereocenters. The molecule has 0 amide bonds. The maximum atomic E-state index is 6.41. The first-order valence-corrected chi connectivity index (χ1v) is 17.9. The van der Waals surface area contributed by atoms with Crippen LogP contribution in [0.25, 0.3) is 32.7 Å².